The molecule has 2 N–H and O–H groups in total. The van der Waals surface area contributed by atoms with Crippen LogP contribution in [0.2, 0.25) is 0 Å². The van der Waals surface area contributed by atoms with Crippen LogP contribution in [0.25, 0.3) is 0 Å². The van der Waals surface area contributed by atoms with E-state index < -0.39 is 0 Å². The lowest BCUT2D eigenvalue weighted by Crippen LogP contribution is -2.11. The minimum absolute atomic E-state index is 0. The number of aryl methyl sites for hydroxylation is 1. The van der Waals surface area contributed by atoms with Gasteiger partial charge < -0.3 is 10.5 Å². The summed E-state index contributed by atoms with van der Waals surface area (Å²) in [5.74, 6) is 0.592. The summed E-state index contributed by atoms with van der Waals surface area (Å²) in [7, 11) is 0. The van der Waals surface area contributed by atoms with E-state index in [1.165, 1.54) is 0 Å². The summed E-state index contributed by atoms with van der Waals surface area (Å²) < 4.78 is 5.29. The Morgan fingerprint density at radius 1 is 1.33 bits per heavy atom. The minimum Gasteiger partial charge on any atom is -0.494 e. The highest BCUT2D eigenvalue weighted by Crippen LogP contribution is 2.12. The van der Waals surface area contributed by atoms with Crippen LogP contribution in [0.5, 0.6) is 5.75 Å². The fourth-order valence-corrected chi connectivity index (χ4v) is 1.19. The van der Waals surface area contributed by atoms with Gasteiger partial charge in [0.2, 0.25) is 5.91 Å². The van der Waals surface area contributed by atoms with Gasteiger partial charge in [-0.15, -0.1) is 12.4 Å². The fraction of sp³-hybridized carbons (Fsp3) is 0.364. The highest BCUT2D eigenvalue weighted by molar-refractivity contribution is 5.85. The van der Waals surface area contributed by atoms with Crippen LogP contribution in [0.3, 0.4) is 0 Å². The highest BCUT2D eigenvalue weighted by Gasteiger charge is 1.97. The molecule has 0 fully saturated rings. The lowest BCUT2D eigenvalue weighted by molar-refractivity contribution is -0.117. The number of hydrogen-bond donors (Lipinski definition) is 1. The lowest BCUT2D eigenvalue weighted by atomic mass is 10.1. The van der Waals surface area contributed by atoms with Crippen molar-refractivity contribution < 1.29 is 9.53 Å². The van der Waals surface area contributed by atoms with Gasteiger partial charge in [-0.05, 0) is 31.0 Å². The third kappa shape index (κ3) is 5.27. The number of carbonyl (C=O) groups excluding carboxylic acids is 1. The van der Waals surface area contributed by atoms with E-state index in [1.54, 1.807) is 0 Å². The third-order valence-electron chi connectivity index (χ3n) is 1.89. The molecule has 3 nitrogen and oxygen atoms in total. The van der Waals surface area contributed by atoms with Gasteiger partial charge in [0, 0.05) is 6.42 Å². The van der Waals surface area contributed by atoms with E-state index in [9.17, 15) is 4.79 Å². The minimum atomic E-state index is -0.265. The Hall–Kier alpha value is -1.22. The Morgan fingerprint density at radius 3 is 2.40 bits per heavy atom. The maximum atomic E-state index is 10.5. The van der Waals surface area contributed by atoms with Gasteiger partial charge in [0.25, 0.3) is 0 Å². The van der Waals surface area contributed by atoms with E-state index in [0.717, 1.165) is 11.3 Å². The van der Waals surface area contributed by atoms with Gasteiger partial charge in [0.05, 0.1) is 6.61 Å². The van der Waals surface area contributed by atoms with E-state index in [1.807, 2.05) is 31.2 Å². The molecule has 0 spiro atoms. The number of amides is 1. The predicted octanol–water partition coefficient (Wildman–Crippen LogP) is 1.93. The summed E-state index contributed by atoms with van der Waals surface area (Å²) in [6.07, 6.45) is 1.09. The molecule has 84 valence electrons. The van der Waals surface area contributed by atoms with Gasteiger partial charge in [-0.1, -0.05) is 12.1 Å². The number of nitrogens with two attached hydrogens (primary N) is 1. The Bertz CT molecular complexity index is 298. The van der Waals surface area contributed by atoms with Crippen LogP contribution in [-0.2, 0) is 11.2 Å². The zero-order valence-corrected chi connectivity index (χ0v) is 9.55. The second-order valence-electron chi connectivity index (χ2n) is 3.04. The molecule has 0 radical (unpaired) electrons. The molecule has 4 heteroatoms. The van der Waals surface area contributed by atoms with Crippen molar-refractivity contribution in [3.8, 4) is 5.75 Å². The number of benzene rings is 1. The van der Waals surface area contributed by atoms with Crippen LogP contribution in [-0.4, -0.2) is 12.5 Å². The van der Waals surface area contributed by atoms with Crippen molar-refractivity contribution >= 4 is 18.3 Å². The molecule has 0 unspecified atom stereocenters. The Kier molecular flexibility index (Phi) is 6.54. The SMILES string of the molecule is CCOc1ccc(CCC(N)=O)cc1.Cl. The van der Waals surface area contributed by atoms with Crippen LogP contribution >= 0.6 is 12.4 Å². The normalized spacial score (nSPS) is 9.13. The number of primary amides is 1. The van der Waals surface area contributed by atoms with E-state index in [2.05, 4.69) is 0 Å². The van der Waals surface area contributed by atoms with Crippen molar-refractivity contribution in [3.05, 3.63) is 29.8 Å². The van der Waals surface area contributed by atoms with Crippen LogP contribution in [0.15, 0.2) is 24.3 Å². The number of carbonyl (C=O) groups is 1. The zero-order chi connectivity index (χ0) is 10.4. The smallest absolute Gasteiger partial charge is 0.217 e. The van der Waals surface area contributed by atoms with Gasteiger partial charge >= 0.3 is 0 Å². The van der Waals surface area contributed by atoms with Gasteiger partial charge in [-0.2, -0.15) is 0 Å². The summed E-state index contributed by atoms with van der Waals surface area (Å²) >= 11 is 0. The molecule has 0 aromatic heterocycles. The monoisotopic (exact) mass is 229 g/mol. The maximum absolute atomic E-state index is 10.5. The fourth-order valence-electron chi connectivity index (χ4n) is 1.19. The average molecular weight is 230 g/mol. The van der Waals surface area contributed by atoms with Crippen molar-refractivity contribution in [2.45, 2.75) is 19.8 Å². The molecule has 0 saturated heterocycles. The zero-order valence-electron chi connectivity index (χ0n) is 8.73. The Balaban J connectivity index is 0.00000196. The van der Waals surface area contributed by atoms with Gasteiger partial charge in [0.15, 0.2) is 0 Å². The first kappa shape index (κ1) is 13.8. The lowest BCUT2D eigenvalue weighted by Gasteiger charge is -2.03. The molecule has 0 heterocycles. The number of hydrogen-bond acceptors (Lipinski definition) is 2. The molecule has 1 rings (SSSR count). The first-order valence-corrected chi connectivity index (χ1v) is 4.72. The van der Waals surface area contributed by atoms with E-state index in [0.29, 0.717) is 19.4 Å². The summed E-state index contributed by atoms with van der Waals surface area (Å²) in [6, 6.07) is 7.71. The van der Waals surface area contributed by atoms with Crippen LogP contribution in [0.1, 0.15) is 18.9 Å². The van der Waals surface area contributed by atoms with Crippen LogP contribution in [0.4, 0.5) is 0 Å². The quantitative estimate of drug-likeness (QED) is 0.839. The largest absolute Gasteiger partial charge is 0.494 e. The van der Waals surface area contributed by atoms with E-state index in [-0.39, 0.29) is 18.3 Å². The average Bonchev–Trinajstić information content (AvgIpc) is 2.17. The number of ether oxygens (including phenoxy) is 1. The van der Waals surface area contributed by atoms with Gasteiger partial charge in [0.1, 0.15) is 5.75 Å². The number of rotatable bonds is 5. The van der Waals surface area contributed by atoms with Gasteiger partial charge in [-0.3, -0.25) is 4.79 Å². The van der Waals surface area contributed by atoms with Gasteiger partial charge in [-0.25, -0.2) is 0 Å². The van der Waals surface area contributed by atoms with Crippen LogP contribution in [0, 0.1) is 0 Å². The Labute approximate surface area is 96.0 Å². The van der Waals surface area contributed by atoms with E-state index in [4.69, 9.17) is 10.5 Å². The molecule has 0 aliphatic carbocycles. The molecule has 0 saturated carbocycles. The van der Waals surface area contributed by atoms with Crippen molar-refractivity contribution in [1.29, 1.82) is 0 Å². The molecular weight excluding hydrogens is 214 g/mol. The predicted molar refractivity (Wildman–Crippen MR) is 62.4 cm³/mol. The van der Waals surface area contributed by atoms with Crippen molar-refractivity contribution in [2.75, 3.05) is 6.61 Å². The second-order valence-corrected chi connectivity index (χ2v) is 3.04. The standard InChI is InChI=1S/C11H15NO2.ClH/c1-2-14-10-6-3-9(4-7-10)5-8-11(12)13;/h3-4,6-7H,2,5,8H2,1H3,(H2,12,13);1H. The molecule has 0 aliphatic rings. The first-order chi connectivity index (χ1) is 6.72. The van der Waals surface area contributed by atoms with Crippen molar-refractivity contribution in [1.82, 2.24) is 0 Å². The summed E-state index contributed by atoms with van der Waals surface area (Å²) in [4.78, 5) is 10.5. The summed E-state index contributed by atoms with van der Waals surface area (Å²) in [6.45, 7) is 2.61. The Morgan fingerprint density at radius 2 is 1.93 bits per heavy atom. The molecule has 0 atom stereocenters. The third-order valence-corrected chi connectivity index (χ3v) is 1.89. The summed E-state index contributed by atoms with van der Waals surface area (Å²) in [5.41, 5.74) is 6.16. The molecule has 15 heavy (non-hydrogen) atoms. The topological polar surface area (TPSA) is 52.3 Å². The summed E-state index contributed by atoms with van der Waals surface area (Å²) in [5, 5.41) is 0. The molecule has 0 aliphatic heterocycles. The first-order valence-electron chi connectivity index (χ1n) is 4.72. The molecule has 1 amide bonds. The number of halogens is 1. The molecule has 1 aromatic rings. The molecular formula is C11H16ClNO2. The van der Waals surface area contributed by atoms with Crippen molar-refractivity contribution in [3.63, 3.8) is 0 Å². The van der Waals surface area contributed by atoms with Crippen molar-refractivity contribution in [2.24, 2.45) is 5.73 Å². The maximum Gasteiger partial charge on any atom is 0.217 e. The van der Waals surface area contributed by atoms with E-state index >= 15 is 0 Å². The second kappa shape index (κ2) is 7.12. The molecule has 1 aromatic carbocycles. The van der Waals surface area contributed by atoms with Crippen LogP contribution < -0.4 is 10.5 Å². The highest BCUT2D eigenvalue weighted by atomic mass is 35.5. The molecule has 0 bridgehead atoms.